The molecule has 0 amide bonds. The van der Waals surface area contributed by atoms with Crippen LogP contribution in [0.3, 0.4) is 0 Å². The summed E-state index contributed by atoms with van der Waals surface area (Å²) in [6, 6.07) is 4.36. The molecule has 0 spiro atoms. The largest absolute Gasteiger partial charge is 0.417 e. The van der Waals surface area contributed by atoms with E-state index in [-0.39, 0.29) is 11.0 Å². The first kappa shape index (κ1) is 27.9. The molecule has 5 rings (SSSR count). The van der Waals surface area contributed by atoms with Crippen molar-refractivity contribution in [3.8, 4) is 11.3 Å². The van der Waals surface area contributed by atoms with E-state index in [0.717, 1.165) is 63.2 Å². The molecule has 2 aromatic rings. The first-order valence-electron chi connectivity index (χ1n) is 13.7. The summed E-state index contributed by atoms with van der Waals surface area (Å²) in [6.07, 6.45) is -0.408. The summed E-state index contributed by atoms with van der Waals surface area (Å²) < 4.78 is 43.5. The van der Waals surface area contributed by atoms with Crippen LogP contribution in [-0.2, 0) is 25.7 Å². The van der Waals surface area contributed by atoms with Gasteiger partial charge in [0.2, 0.25) is 0 Å². The first-order valence-corrected chi connectivity index (χ1v) is 14.7. The topological polar surface area (TPSA) is 76.8 Å². The van der Waals surface area contributed by atoms with E-state index in [9.17, 15) is 23.4 Å². The third kappa shape index (κ3) is 6.74. The van der Waals surface area contributed by atoms with Crippen LogP contribution in [0, 0.1) is 0 Å². The van der Waals surface area contributed by atoms with Gasteiger partial charge in [0.15, 0.2) is 0 Å². The third-order valence-electron chi connectivity index (χ3n) is 7.78. The van der Waals surface area contributed by atoms with Gasteiger partial charge in [-0.3, -0.25) is 9.58 Å². The average molecular weight is 554 g/mol. The van der Waals surface area contributed by atoms with Gasteiger partial charge >= 0.3 is 6.18 Å². The van der Waals surface area contributed by atoms with Gasteiger partial charge in [-0.15, -0.1) is 11.8 Å². The number of hydrogen-bond acceptors (Lipinski definition) is 7. The fraction of sp³-hybridized carbons (Fsp3) is 0.667. The zero-order valence-corrected chi connectivity index (χ0v) is 22.5. The quantitative estimate of drug-likeness (QED) is 0.412. The highest BCUT2D eigenvalue weighted by atomic mass is 32.2. The lowest BCUT2D eigenvalue weighted by atomic mass is 10.0. The Morgan fingerprint density at radius 3 is 2.66 bits per heavy atom. The van der Waals surface area contributed by atoms with Gasteiger partial charge in [0.1, 0.15) is 0 Å². The van der Waals surface area contributed by atoms with Crippen molar-refractivity contribution in [2.45, 2.75) is 68.5 Å². The lowest BCUT2D eigenvalue weighted by Crippen LogP contribution is -2.35. The molecule has 3 aliphatic heterocycles. The Bertz CT molecular complexity index is 1090. The van der Waals surface area contributed by atoms with Crippen molar-refractivity contribution in [2.75, 3.05) is 51.6 Å². The number of halogens is 3. The summed E-state index contributed by atoms with van der Waals surface area (Å²) in [5.41, 5.74) is 2.78. The standard InChI is InChI=1S/C27H38F3N5O2S/c28-27(29,30)23-5-4-19(14-25(23)38-13-12-33-9-2-1-3-10-33)26-22-15-31-8-6-24(22)35(32-26)18-21(37)17-34-11-7-20(36)16-34/h4-5,14,20-21,31,36-37H,1-3,6-13,15-18H2. The second-order valence-corrected chi connectivity index (χ2v) is 11.8. The number of nitrogens with one attached hydrogen (secondary N) is 1. The number of rotatable bonds is 9. The molecule has 1 aromatic carbocycles. The van der Waals surface area contributed by atoms with Crippen molar-refractivity contribution < 1.29 is 23.4 Å². The highest BCUT2D eigenvalue weighted by molar-refractivity contribution is 7.99. The van der Waals surface area contributed by atoms with Crippen LogP contribution in [0.4, 0.5) is 13.2 Å². The average Bonchev–Trinajstić information content (AvgIpc) is 3.47. The summed E-state index contributed by atoms with van der Waals surface area (Å²) in [7, 11) is 0. The van der Waals surface area contributed by atoms with Gasteiger partial charge < -0.3 is 20.4 Å². The maximum atomic E-state index is 13.9. The van der Waals surface area contributed by atoms with Crippen molar-refractivity contribution in [1.29, 1.82) is 0 Å². The fourth-order valence-corrected chi connectivity index (χ4v) is 6.95. The molecule has 2 atom stereocenters. The summed E-state index contributed by atoms with van der Waals surface area (Å²) in [4.78, 5) is 4.63. The molecule has 3 aliphatic rings. The number of aliphatic hydroxyl groups is 2. The van der Waals surface area contributed by atoms with Gasteiger partial charge in [-0.25, -0.2) is 0 Å². The molecule has 0 radical (unpaired) electrons. The van der Waals surface area contributed by atoms with E-state index < -0.39 is 17.8 Å². The van der Waals surface area contributed by atoms with Gasteiger partial charge in [0.25, 0.3) is 0 Å². The van der Waals surface area contributed by atoms with Crippen molar-refractivity contribution in [1.82, 2.24) is 24.9 Å². The number of aliphatic hydroxyl groups excluding tert-OH is 2. The Morgan fingerprint density at radius 1 is 1.11 bits per heavy atom. The van der Waals surface area contributed by atoms with Crippen molar-refractivity contribution in [2.24, 2.45) is 0 Å². The first-order chi connectivity index (χ1) is 18.3. The number of benzene rings is 1. The number of β-amino-alcohol motifs (C(OH)–C–C–N with tert-alkyl or cyclic N) is 2. The minimum atomic E-state index is -4.42. The van der Waals surface area contributed by atoms with E-state index in [0.29, 0.717) is 49.6 Å². The van der Waals surface area contributed by atoms with Crippen LogP contribution in [-0.4, -0.2) is 93.6 Å². The van der Waals surface area contributed by atoms with Gasteiger partial charge in [0, 0.05) is 73.2 Å². The highest BCUT2D eigenvalue weighted by Crippen LogP contribution is 2.40. The minimum absolute atomic E-state index is 0.242. The fourth-order valence-electron chi connectivity index (χ4n) is 5.83. The van der Waals surface area contributed by atoms with Gasteiger partial charge in [0.05, 0.1) is 30.0 Å². The van der Waals surface area contributed by atoms with Crippen LogP contribution in [0.1, 0.15) is 42.5 Å². The molecule has 1 aromatic heterocycles. The van der Waals surface area contributed by atoms with Crippen molar-refractivity contribution in [3.05, 3.63) is 35.0 Å². The zero-order valence-electron chi connectivity index (χ0n) is 21.7. The van der Waals surface area contributed by atoms with Gasteiger partial charge in [-0.05, 0) is 44.5 Å². The molecule has 210 valence electrons. The lowest BCUT2D eigenvalue weighted by Gasteiger charge is -2.26. The molecule has 3 N–H and O–H groups in total. The minimum Gasteiger partial charge on any atom is -0.392 e. The Kier molecular flexibility index (Phi) is 9.01. The van der Waals surface area contributed by atoms with Gasteiger partial charge in [-0.1, -0.05) is 12.5 Å². The molecule has 4 heterocycles. The Morgan fingerprint density at radius 2 is 1.92 bits per heavy atom. The number of hydrogen-bond donors (Lipinski definition) is 3. The molecule has 2 saturated heterocycles. The van der Waals surface area contributed by atoms with E-state index in [1.165, 1.54) is 30.3 Å². The Balaban J connectivity index is 1.36. The van der Waals surface area contributed by atoms with Crippen LogP contribution < -0.4 is 5.32 Å². The van der Waals surface area contributed by atoms with E-state index in [1.807, 2.05) is 4.68 Å². The zero-order chi connectivity index (χ0) is 26.7. The van der Waals surface area contributed by atoms with Crippen LogP contribution in [0.15, 0.2) is 23.1 Å². The van der Waals surface area contributed by atoms with E-state index in [4.69, 9.17) is 5.10 Å². The van der Waals surface area contributed by atoms with E-state index in [2.05, 4.69) is 15.1 Å². The monoisotopic (exact) mass is 553 g/mol. The second kappa shape index (κ2) is 12.3. The van der Waals surface area contributed by atoms with Crippen molar-refractivity contribution >= 4 is 11.8 Å². The maximum Gasteiger partial charge on any atom is 0.417 e. The number of fused-ring (bicyclic) bond motifs is 1. The maximum absolute atomic E-state index is 13.9. The number of alkyl halides is 3. The molecular weight excluding hydrogens is 515 g/mol. The predicted octanol–water partition coefficient (Wildman–Crippen LogP) is 3.22. The number of piperidine rings is 1. The molecule has 2 fully saturated rings. The summed E-state index contributed by atoms with van der Waals surface area (Å²) in [5.74, 6) is 0.609. The Labute approximate surface area is 226 Å². The molecule has 7 nitrogen and oxygen atoms in total. The van der Waals surface area contributed by atoms with Crippen molar-refractivity contribution in [3.63, 3.8) is 0 Å². The predicted molar refractivity (Wildman–Crippen MR) is 142 cm³/mol. The van der Waals surface area contributed by atoms with Gasteiger partial charge in [-0.2, -0.15) is 18.3 Å². The summed E-state index contributed by atoms with van der Waals surface area (Å²) in [5, 5.41) is 28.7. The second-order valence-electron chi connectivity index (χ2n) is 10.7. The summed E-state index contributed by atoms with van der Waals surface area (Å²) >= 11 is 1.27. The molecule has 0 bridgehead atoms. The molecule has 38 heavy (non-hydrogen) atoms. The number of nitrogens with zero attached hydrogens (tertiary/aromatic N) is 4. The Hall–Kier alpha value is -1.63. The molecule has 2 unspecified atom stereocenters. The van der Waals surface area contributed by atoms with E-state index >= 15 is 0 Å². The van der Waals surface area contributed by atoms with Crippen LogP contribution in [0.25, 0.3) is 11.3 Å². The molecular formula is C27H38F3N5O2S. The van der Waals surface area contributed by atoms with E-state index in [1.54, 1.807) is 6.07 Å². The normalized spacial score (nSPS) is 22.1. The highest BCUT2D eigenvalue weighted by Gasteiger charge is 2.34. The summed E-state index contributed by atoms with van der Waals surface area (Å²) in [6.45, 7) is 6.30. The van der Waals surface area contributed by atoms with Crippen LogP contribution in [0.5, 0.6) is 0 Å². The van der Waals surface area contributed by atoms with Crippen LogP contribution in [0.2, 0.25) is 0 Å². The third-order valence-corrected chi connectivity index (χ3v) is 8.82. The molecule has 0 aliphatic carbocycles. The lowest BCUT2D eigenvalue weighted by molar-refractivity contribution is -0.139. The number of thioether (sulfide) groups is 1. The SMILES string of the molecule is OC1CCN(CC(O)Cn2nc(-c3ccc(C(F)(F)F)c(SCCN4CCCCC4)c3)c3c2CCNC3)C1. The number of aromatic nitrogens is 2. The van der Waals surface area contributed by atoms with Crippen LogP contribution >= 0.6 is 11.8 Å². The molecule has 11 heteroatoms. The smallest absolute Gasteiger partial charge is 0.392 e. The molecule has 0 saturated carbocycles. The number of likely N-dealkylation sites (tertiary alicyclic amines) is 2.